The van der Waals surface area contributed by atoms with Crippen molar-refractivity contribution < 1.29 is 23.9 Å². The first kappa shape index (κ1) is 21.6. The molecule has 1 aromatic carbocycles. The van der Waals surface area contributed by atoms with Gasteiger partial charge in [0.1, 0.15) is 17.0 Å². The molecule has 4 rings (SSSR count). The molecule has 3 heterocycles. The van der Waals surface area contributed by atoms with Crippen LogP contribution < -0.4 is 0 Å². The molecule has 1 aliphatic rings. The average Bonchev–Trinajstić information content (AvgIpc) is 3.52. The third kappa shape index (κ3) is 4.92. The number of imidazole rings is 1. The van der Waals surface area contributed by atoms with Gasteiger partial charge in [0.25, 0.3) is 0 Å². The maximum atomic E-state index is 11.8. The predicted molar refractivity (Wildman–Crippen MR) is 112 cm³/mol. The molecule has 0 radical (unpaired) electrons. The number of nitrogens with one attached hydrogen (secondary N) is 2. The van der Waals surface area contributed by atoms with Crippen molar-refractivity contribution in [1.82, 2.24) is 20.2 Å². The van der Waals surface area contributed by atoms with Crippen LogP contribution in [0.4, 0.5) is 0 Å². The number of nitrogens with zero attached hydrogens (tertiary/aromatic N) is 3. The number of ether oxygens (including phenoxy) is 2. The fourth-order valence-corrected chi connectivity index (χ4v) is 2.82. The Labute approximate surface area is 177 Å². The maximum Gasteiger partial charge on any atom is 0.342 e. The van der Waals surface area contributed by atoms with Crippen LogP contribution in [0.1, 0.15) is 40.5 Å². The maximum absolute atomic E-state index is 11.8. The molecule has 0 fully saturated rings. The van der Waals surface area contributed by atoms with E-state index < -0.39 is 5.97 Å². The number of hydrogen-bond donors (Lipinski definition) is 2. The molecule has 2 N–H and O–H groups in total. The van der Waals surface area contributed by atoms with Gasteiger partial charge in [0.15, 0.2) is 12.1 Å². The molecule has 0 amide bonds. The Morgan fingerprint density at radius 2 is 1.87 bits per heavy atom. The van der Waals surface area contributed by atoms with Crippen molar-refractivity contribution in [2.45, 2.75) is 13.8 Å². The topological polar surface area (TPSA) is 139 Å². The van der Waals surface area contributed by atoms with Gasteiger partial charge in [-0.05, 0) is 32.1 Å². The Morgan fingerprint density at radius 3 is 2.58 bits per heavy atom. The first-order chi connectivity index (χ1) is 15.1. The Bertz CT molecular complexity index is 1120. The number of aromatic nitrogens is 4. The van der Waals surface area contributed by atoms with Crippen LogP contribution in [-0.4, -0.2) is 63.9 Å². The van der Waals surface area contributed by atoms with Gasteiger partial charge in [-0.3, -0.25) is 14.9 Å². The van der Waals surface area contributed by atoms with Crippen molar-refractivity contribution in [1.29, 1.82) is 0 Å². The molecule has 2 aromatic heterocycles. The van der Waals surface area contributed by atoms with Gasteiger partial charge in [0.2, 0.25) is 0 Å². The standard InChI is InChI=1S/C14H13N3O2.C7H8N2O3/c1-2-19-14(18)9-7-8-15-12(9)13-16-10-5-3-4-6-11(10)17-13;1-2-12-7(11)5-3-8-9-6(5)4-10/h3-7H,2,8H2,1H3,(H,16,17);3-4H,2H2,1H3,(H,8,9). The summed E-state index contributed by atoms with van der Waals surface area (Å²) in [5, 5.41) is 5.92. The van der Waals surface area contributed by atoms with Gasteiger partial charge < -0.3 is 14.5 Å². The lowest BCUT2D eigenvalue weighted by Crippen LogP contribution is -2.16. The van der Waals surface area contributed by atoms with Crippen LogP contribution in [0.2, 0.25) is 0 Å². The number of carbonyl (C=O) groups excluding carboxylic acids is 3. The number of benzene rings is 1. The second kappa shape index (κ2) is 10.1. The lowest BCUT2D eigenvalue weighted by atomic mass is 10.1. The highest BCUT2D eigenvalue weighted by atomic mass is 16.5. The van der Waals surface area contributed by atoms with Gasteiger partial charge in [-0.1, -0.05) is 12.1 Å². The summed E-state index contributed by atoms with van der Waals surface area (Å²) >= 11 is 0. The van der Waals surface area contributed by atoms with E-state index in [-0.39, 0.29) is 23.8 Å². The van der Waals surface area contributed by atoms with Gasteiger partial charge in [-0.15, -0.1) is 0 Å². The molecule has 0 saturated heterocycles. The van der Waals surface area contributed by atoms with Crippen LogP contribution in [0, 0.1) is 0 Å². The second-order valence-electron chi connectivity index (χ2n) is 6.17. The SMILES string of the molecule is CCOC(=O)C1=CCN=C1c1nc2ccccc2[nH]1.CCOC(=O)c1cn[nH]c1C=O. The molecule has 10 nitrogen and oxygen atoms in total. The highest BCUT2D eigenvalue weighted by Crippen LogP contribution is 2.18. The first-order valence-corrected chi connectivity index (χ1v) is 9.61. The highest BCUT2D eigenvalue weighted by Gasteiger charge is 2.24. The summed E-state index contributed by atoms with van der Waals surface area (Å²) in [5.41, 5.74) is 3.17. The quantitative estimate of drug-likeness (QED) is 0.458. The van der Waals surface area contributed by atoms with Gasteiger partial charge >= 0.3 is 11.9 Å². The van der Waals surface area contributed by atoms with E-state index in [2.05, 4.69) is 29.9 Å². The number of aromatic amines is 2. The normalized spacial score (nSPS) is 12.5. The summed E-state index contributed by atoms with van der Waals surface area (Å²) in [6.45, 7) is 4.59. The van der Waals surface area contributed by atoms with E-state index in [1.165, 1.54) is 6.20 Å². The average molecular weight is 423 g/mol. The fourth-order valence-electron chi connectivity index (χ4n) is 2.82. The Hall–Kier alpha value is -4.08. The zero-order valence-corrected chi connectivity index (χ0v) is 17.0. The lowest BCUT2D eigenvalue weighted by Gasteiger charge is -2.03. The first-order valence-electron chi connectivity index (χ1n) is 9.61. The van der Waals surface area contributed by atoms with E-state index in [1.54, 1.807) is 19.9 Å². The van der Waals surface area contributed by atoms with Crippen LogP contribution in [-0.2, 0) is 14.3 Å². The van der Waals surface area contributed by atoms with E-state index in [4.69, 9.17) is 4.74 Å². The molecule has 0 unspecified atom stereocenters. The summed E-state index contributed by atoms with van der Waals surface area (Å²) < 4.78 is 9.69. The van der Waals surface area contributed by atoms with Gasteiger partial charge in [-0.2, -0.15) is 5.10 Å². The highest BCUT2D eigenvalue weighted by molar-refractivity contribution is 6.27. The third-order valence-electron chi connectivity index (χ3n) is 4.19. The molecule has 1 aliphatic heterocycles. The number of esters is 2. The molecule has 10 heteroatoms. The molecule has 3 aromatic rings. The number of rotatable bonds is 6. The number of para-hydroxylation sites is 2. The van der Waals surface area contributed by atoms with E-state index in [9.17, 15) is 14.4 Å². The van der Waals surface area contributed by atoms with Crippen LogP contribution in [0.5, 0.6) is 0 Å². The van der Waals surface area contributed by atoms with E-state index in [1.807, 2.05) is 24.3 Å². The Balaban J connectivity index is 0.000000196. The van der Waals surface area contributed by atoms with Crippen LogP contribution in [0.25, 0.3) is 11.0 Å². The number of fused-ring (bicyclic) bond motifs is 1. The number of H-pyrrole nitrogens is 2. The molecular weight excluding hydrogens is 402 g/mol. The molecule has 0 spiro atoms. The Morgan fingerprint density at radius 1 is 1.13 bits per heavy atom. The zero-order valence-electron chi connectivity index (χ0n) is 17.0. The van der Waals surface area contributed by atoms with Crippen LogP contribution in [0.3, 0.4) is 0 Å². The molecular formula is C21H21N5O5. The minimum absolute atomic E-state index is 0.147. The monoisotopic (exact) mass is 423 g/mol. The summed E-state index contributed by atoms with van der Waals surface area (Å²) in [7, 11) is 0. The predicted octanol–water partition coefficient (Wildman–Crippen LogP) is 2.25. The molecule has 0 aliphatic carbocycles. The van der Waals surface area contributed by atoms with Gasteiger partial charge in [0.05, 0.1) is 42.6 Å². The molecule has 0 atom stereocenters. The summed E-state index contributed by atoms with van der Waals surface area (Å²) in [5.74, 6) is -0.273. The molecule has 0 saturated carbocycles. The van der Waals surface area contributed by atoms with Gasteiger partial charge in [0, 0.05) is 0 Å². The summed E-state index contributed by atoms with van der Waals surface area (Å²) in [6, 6.07) is 7.71. The number of aliphatic imine (C=N–C) groups is 1. The van der Waals surface area contributed by atoms with Crippen LogP contribution in [0.15, 0.2) is 47.1 Å². The van der Waals surface area contributed by atoms with Crippen molar-refractivity contribution in [3.05, 3.63) is 59.2 Å². The molecule has 31 heavy (non-hydrogen) atoms. The van der Waals surface area contributed by atoms with Crippen molar-refractivity contribution >= 4 is 35.0 Å². The fraction of sp³-hybridized carbons (Fsp3) is 0.238. The largest absolute Gasteiger partial charge is 0.462 e. The minimum atomic E-state index is -0.534. The number of carbonyl (C=O) groups is 3. The summed E-state index contributed by atoms with van der Waals surface area (Å²) in [6.07, 6.45) is 3.56. The van der Waals surface area contributed by atoms with E-state index in [0.717, 1.165) is 11.0 Å². The number of aldehydes is 1. The minimum Gasteiger partial charge on any atom is -0.462 e. The van der Waals surface area contributed by atoms with Crippen molar-refractivity contribution in [3.63, 3.8) is 0 Å². The van der Waals surface area contributed by atoms with Crippen molar-refractivity contribution in [2.75, 3.05) is 19.8 Å². The lowest BCUT2D eigenvalue weighted by molar-refractivity contribution is -0.137. The Kier molecular flexibility index (Phi) is 7.05. The zero-order chi connectivity index (χ0) is 22.2. The smallest absolute Gasteiger partial charge is 0.342 e. The molecule has 0 bridgehead atoms. The summed E-state index contributed by atoms with van der Waals surface area (Å²) in [4.78, 5) is 45.1. The van der Waals surface area contributed by atoms with Crippen LogP contribution >= 0.6 is 0 Å². The second-order valence-corrected chi connectivity index (χ2v) is 6.17. The van der Waals surface area contributed by atoms with Gasteiger partial charge in [-0.25, -0.2) is 14.6 Å². The van der Waals surface area contributed by atoms with Crippen molar-refractivity contribution in [3.8, 4) is 0 Å². The molecule has 160 valence electrons. The van der Waals surface area contributed by atoms with Crippen molar-refractivity contribution in [2.24, 2.45) is 4.99 Å². The van der Waals surface area contributed by atoms with E-state index in [0.29, 0.717) is 36.5 Å². The third-order valence-corrected chi connectivity index (χ3v) is 4.19. The van der Waals surface area contributed by atoms with E-state index >= 15 is 0 Å². The number of hydrogen-bond acceptors (Lipinski definition) is 8.